The minimum Gasteiger partial charge on any atom is -0.502 e. The van der Waals surface area contributed by atoms with E-state index in [1.54, 1.807) is 4.90 Å². The number of rotatable bonds is 5. The number of phenolic OH excluding ortho intramolecular Hbond substituents is 1. The van der Waals surface area contributed by atoms with Crippen molar-refractivity contribution in [3.8, 4) is 17.2 Å². The van der Waals surface area contributed by atoms with Gasteiger partial charge >= 0.3 is 5.97 Å². The molecular weight excluding hydrogens is 314 g/mol. The lowest BCUT2D eigenvalue weighted by Crippen LogP contribution is -2.42. The van der Waals surface area contributed by atoms with Gasteiger partial charge in [0.1, 0.15) is 0 Å². The molecule has 0 spiro atoms. The van der Waals surface area contributed by atoms with Crippen LogP contribution in [0, 0.1) is 11.3 Å². The zero-order chi connectivity index (χ0) is 17.7. The summed E-state index contributed by atoms with van der Waals surface area (Å²) in [4.78, 5) is 14.0. The van der Waals surface area contributed by atoms with Crippen LogP contribution >= 0.6 is 0 Å². The highest BCUT2D eigenvalue weighted by atomic mass is 16.5. The Balaban J connectivity index is 1.95. The Kier molecular flexibility index (Phi) is 5.73. The molecule has 0 aliphatic carbocycles. The first-order valence-corrected chi connectivity index (χ1v) is 7.67. The number of methoxy groups -OCH3 is 2. The molecule has 4 N–H and O–H groups in total. The quantitative estimate of drug-likeness (QED) is 0.419. The maximum atomic E-state index is 12.2. The van der Waals surface area contributed by atoms with Crippen LogP contribution in [-0.4, -0.2) is 55.9 Å². The van der Waals surface area contributed by atoms with Gasteiger partial charge in [0.25, 0.3) is 0 Å². The van der Waals surface area contributed by atoms with Crippen LogP contribution in [0.15, 0.2) is 12.1 Å². The summed E-state index contributed by atoms with van der Waals surface area (Å²) in [7, 11) is 2.79. The van der Waals surface area contributed by atoms with Crippen molar-refractivity contribution in [3.05, 3.63) is 17.7 Å². The molecule has 0 aromatic heterocycles. The molecule has 0 amide bonds. The number of piperidine rings is 1. The maximum Gasteiger partial charge on any atom is 0.338 e. The third-order valence-electron chi connectivity index (χ3n) is 4.12. The van der Waals surface area contributed by atoms with Gasteiger partial charge in [-0.05, 0) is 30.9 Å². The highest BCUT2D eigenvalue weighted by Gasteiger charge is 2.22. The van der Waals surface area contributed by atoms with Crippen molar-refractivity contribution >= 4 is 11.9 Å². The molecule has 0 saturated carbocycles. The summed E-state index contributed by atoms with van der Waals surface area (Å²) in [5, 5.41) is 17.3. The molecule has 8 nitrogen and oxygen atoms in total. The zero-order valence-corrected chi connectivity index (χ0v) is 13.9. The van der Waals surface area contributed by atoms with Crippen LogP contribution in [0.1, 0.15) is 23.2 Å². The second-order valence-electron chi connectivity index (χ2n) is 5.64. The van der Waals surface area contributed by atoms with Crippen LogP contribution in [0.3, 0.4) is 0 Å². The van der Waals surface area contributed by atoms with E-state index in [0.29, 0.717) is 19.7 Å². The topological polar surface area (TPSA) is 118 Å². The van der Waals surface area contributed by atoms with Crippen molar-refractivity contribution in [3.63, 3.8) is 0 Å². The highest BCUT2D eigenvalue weighted by Crippen LogP contribution is 2.37. The predicted octanol–water partition coefficient (Wildman–Crippen LogP) is 1.17. The third kappa shape index (κ3) is 4.01. The minimum atomic E-state index is -0.499. The van der Waals surface area contributed by atoms with Gasteiger partial charge < -0.3 is 30.0 Å². The summed E-state index contributed by atoms with van der Waals surface area (Å²) < 4.78 is 15.4. The first kappa shape index (κ1) is 17.7. The first-order chi connectivity index (χ1) is 11.5. The van der Waals surface area contributed by atoms with Crippen LogP contribution in [0.25, 0.3) is 0 Å². The number of benzene rings is 1. The molecule has 24 heavy (non-hydrogen) atoms. The van der Waals surface area contributed by atoms with Crippen molar-refractivity contribution in [1.29, 1.82) is 5.41 Å². The van der Waals surface area contributed by atoms with Crippen LogP contribution < -0.4 is 15.2 Å². The Morgan fingerprint density at radius 3 is 2.29 bits per heavy atom. The Morgan fingerprint density at radius 1 is 1.29 bits per heavy atom. The lowest BCUT2D eigenvalue weighted by atomic mass is 9.98. The van der Waals surface area contributed by atoms with Crippen molar-refractivity contribution in [2.24, 2.45) is 11.7 Å². The lowest BCUT2D eigenvalue weighted by Gasteiger charge is -2.31. The zero-order valence-electron chi connectivity index (χ0n) is 13.9. The molecule has 1 fully saturated rings. The molecule has 1 aliphatic heterocycles. The molecule has 0 radical (unpaired) electrons. The van der Waals surface area contributed by atoms with Gasteiger partial charge in [0.05, 0.1) is 26.4 Å². The smallest absolute Gasteiger partial charge is 0.338 e. The van der Waals surface area contributed by atoms with E-state index in [1.807, 2.05) is 0 Å². The fourth-order valence-corrected chi connectivity index (χ4v) is 2.63. The molecule has 132 valence electrons. The normalized spacial score (nSPS) is 15.0. The molecule has 2 rings (SSSR count). The van der Waals surface area contributed by atoms with Crippen molar-refractivity contribution in [2.45, 2.75) is 12.8 Å². The number of nitrogens with zero attached hydrogens (tertiary/aromatic N) is 1. The summed E-state index contributed by atoms with van der Waals surface area (Å²) in [5.74, 6) is -0.0416. The van der Waals surface area contributed by atoms with Gasteiger partial charge in [0.2, 0.25) is 5.75 Å². The molecule has 1 aromatic rings. The summed E-state index contributed by atoms with van der Waals surface area (Å²) >= 11 is 0. The van der Waals surface area contributed by atoms with Gasteiger partial charge in [-0.25, -0.2) is 4.79 Å². The third-order valence-corrected chi connectivity index (χ3v) is 4.12. The molecule has 0 atom stereocenters. The average Bonchev–Trinajstić information content (AvgIpc) is 2.60. The van der Waals surface area contributed by atoms with E-state index in [-0.39, 0.29) is 34.7 Å². The van der Waals surface area contributed by atoms with Gasteiger partial charge in [-0.15, -0.1) is 0 Å². The number of guanidine groups is 1. The summed E-state index contributed by atoms with van der Waals surface area (Å²) in [6, 6.07) is 2.83. The van der Waals surface area contributed by atoms with Gasteiger partial charge in [0, 0.05) is 13.1 Å². The number of carbonyl (C=O) groups excluding carboxylic acids is 1. The number of ether oxygens (including phenoxy) is 3. The second kappa shape index (κ2) is 7.76. The number of nitrogens with two attached hydrogens (primary N) is 1. The minimum absolute atomic E-state index is 0.0775. The number of nitrogens with one attached hydrogen (secondary N) is 1. The van der Waals surface area contributed by atoms with Crippen LogP contribution in [0.2, 0.25) is 0 Å². The van der Waals surface area contributed by atoms with Crippen LogP contribution in [0.5, 0.6) is 17.2 Å². The van der Waals surface area contributed by atoms with Crippen molar-refractivity contribution < 1.29 is 24.1 Å². The van der Waals surface area contributed by atoms with E-state index < -0.39 is 5.97 Å². The molecule has 1 heterocycles. The number of hydrogen-bond donors (Lipinski definition) is 3. The number of aromatic hydroxyl groups is 1. The second-order valence-corrected chi connectivity index (χ2v) is 5.64. The summed E-state index contributed by atoms with van der Waals surface area (Å²) in [5.41, 5.74) is 5.71. The van der Waals surface area contributed by atoms with E-state index in [9.17, 15) is 9.90 Å². The molecule has 8 heteroatoms. The number of likely N-dealkylation sites (tertiary alicyclic amines) is 1. The lowest BCUT2D eigenvalue weighted by molar-refractivity contribution is 0.0394. The fraction of sp³-hybridized carbons (Fsp3) is 0.500. The highest BCUT2D eigenvalue weighted by molar-refractivity contribution is 5.91. The molecule has 0 unspecified atom stereocenters. The Bertz CT molecular complexity index is 587. The number of hydrogen-bond acceptors (Lipinski definition) is 6. The number of phenols is 1. The number of esters is 1. The van der Waals surface area contributed by atoms with E-state index in [4.69, 9.17) is 25.4 Å². The van der Waals surface area contributed by atoms with Crippen LogP contribution in [-0.2, 0) is 4.74 Å². The Hall–Kier alpha value is -2.64. The van der Waals surface area contributed by atoms with Gasteiger partial charge in [0.15, 0.2) is 17.5 Å². The summed E-state index contributed by atoms with van der Waals surface area (Å²) in [6.07, 6.45) is 1.63. The Labute approximate surface area is 140 Å². The Morgan fingerprint density at radius 2 is 1.83 bits per heavy atom. The summed E-state index contributed by atoms with van der Waals surface area (Å²) in [6.45, 7) is 1.69. The van der Waals surface area contributed by atoms with Gasteiger partial charge in [-0.3, -0.25) is 5.41 Å². The monoisotopic (exact) mass is 337 g/mol. The average molecular weight is 337 g/mol. The van der Waals surface area contributed by atoms with Gasteiger partial charge in [-0.1, -0.05) is 0 Å². The largest absolute Gasteiger partial charge is 0.502 e. The van der Waals surface area contributed by atoms with E-state index in [1.165, 1.54) is 26.4 Å². The molecule has 1 aromatic carbocycles. The first-order valence-electron chi connectivity index (χ1n) is 7.67. The fourth-order valence-electron chi connectivity index (χ4n) is 2.63. The SMILES string of the molecule is COc1cc(C(=O)OCC2CCN(C(=N)N)CC2)cc(OC)c1O. The number of carbonyl (C=O) groups is 1. The maximum absolute atomic E-state index is 12.2. The molecular formula is C16H23N3O5. The van der Waals surface area contributed by atoms with Crippen molar-refractivity contribution in [1.82, 2.24) is 4.90 Å². The molecule has 1 aliphatic rings. The van der Waals surface area contributed by atoms with E-state index in [2.05, 4.69) is 0 Å². The van der Waals surface area contributed by atoms with E-state index in [0.717, 1.165) is 12.8 Å². The standard InChI is InChI=1S/C16H23N3O5/c1-22-12-7-11(8-13(23-2)14(12)20)15(21)24-9-10-3-5-19(6-4-10)16(17)18/h7-8,10,20H,3-6,9H2,1-2H3,(H3,17,18). The van der Waals surface area contributed by atoms with Gasteiger partial charge in [-0.2, -0.15) is 0 Å². The van der Waals surface area contributed by atoms with Crippen molar-refractivity contribution in [2.75, 3.05) is 33.9 Å². The van der Waals surface area contributed by atoms with E-state index >= 15 is 0 Å². The molecule has 1 saturated heterocycles. The van der Waals surface area contributed by atoms with Crippen LogP contribution in [0.4, 0.5) is 0 Å². The predicted molar refractivity (Wildman–Crippen MR) is 87.7 cm³/mol. The molecule has 0 bridgehead atoms.